The van der Waals surface area contributed by atoms with E-state index in [0.717, 1.165) is 29.6 Å². The molecule has 0 bridgehead atoms. The number of aromatic amines is 1. The summed E-state index contributed by atoms with van der Waals surface area (Å²) in [4.78, 5) is 26.3. The van der Waals surface area contributed by atoms with Gasteiger partial charge in [-0.05, 0) is 48.6 Å². The summed E-state index contributed by atoms with van der Waals surface area (Å²) in [6, 6.07) is 15.5. The number of rotatable bonds is 8. The van der Waals surface area contributed by atoms with Gasteiger partial charge < -0.3 is 15.4 Å². The zero-order valence-electron chi connectivity index (χ0n) is 15.4. The van der Waals surface area contributed by atoms with E-state index in [2.05, 4.69) is 16.4 Å². The van der Waals surface area contributed by atoms with Crippen molar-refractivity contribution in [3.63, 3.8) is 0 Å². The quantitative estimate of drug-likeness (QED) is 0.554. The van der Waals surface area contributed by atoms with E-state index in [1.54, 1.807) is 6.92 Å². The van der Waals surface area contributed by atoms with Gasteiger partial charge in [-0.3, -0.25) is 9.59 Å². The zero-order valence-corrected chi connectivity index (χ0v) is 15.4. The Bertz CT molecular complexity index is 928. The lowest BCUT2D eigenvalue weighted by Gasteiger charge is -2.08. The summed E-state index contributed by atoms with van der Waals surface area (Å²) in [6.07, 6.45) is 4.58. The number of H-pyrrole nitrogens is 1. The van der Waals surface area contributed by atoms with Gasteiger partial charge in [0.15, 0.2) is 0 Å². The Morgan fingerprint density at radius 1 is 1.11 bits per heavy atom. The number of amides is 1. The number of carbonyl (C=O) groups is 2. The molecular weight excluding hydrogens is 340 g/mol. The molecule has 0 fully saturated rings. The summed E-state index contributed by atoms with van der Waals surface area (Å²) in [5, 5.41) is 13.1. The van der Waals surface area contributed by atoms with Crippen molar-refractivity contribution in [1.82, 2.24) is 4.98 Å². The monoisotopic (exact) mass is 364 g/mol. The molecule has 0 aliphatic heterocycles. The lowest BCUT2D eigenvalue weighted by atomic mass is 10.0. The first-order chi connectivity index (χ1) is 13.0. The Hall–Kier alpha value is -3.08. The Kier molecular flexibility index (Phi) is 5.91. The smallest absolute Gasteiger partial charge is 0.306 e. The maximum absolute atomic E-state index is 12.2. The molecule has 5 heteroatoms. The van der Waals surface area contributed by atoms with Gasteiger partial charge in [-0.2, -0.15) is 0 Å². The van der Waals surface area contributed by atoms with E-state index in [-0.39, 0.29) is 5.91 Å². The highest BCUT2D eigenvalue weighted by Gasteiger charge is 2.11. The number of aryl methyl sites for hydroxylation is 1. The number of carboxylic acids is 1. The molecule has 27 heavy (non-hydrogen) atoms. The molecule has 0 saturated heterocycles. The van der Waals surface area contributed by atoms with Crippen molar-refractivity contribution in [3.05, 3.63) is 65.9 Å². The van der Waals surface area contributed by atoms with E-state index in [4.69, 9.17) is 5.11 Å². The van der Waals surface area contributed by atoms with Gasteiger partial charge in [0.1, 0.15) is 0 Å². The minimum atomic E-state index is -0.803. The predicted octanol–water partition coefficient (Wildman–Crippen LogP) is 4.39. The maximum atomic E-state index is 12.2. The minimum Gasteiger partial charge on any atom is -0.481 e. The molecular formula is C22H24N2O3. The minimum absolute atomic E-state index is 0.0125. The molecule has 2 aromatic carbocycles. The second kappa shape index (κ2) is 8.54. The van der Waals surface area contributed by atoms with Crippen LogP contribution >= 0.6 is 0 Å². The van der Waals surface area contributed by atoms with Crippen LogP contribution < -0.4 is 5.32 Å². The summed E-state index contributed by atoms with van der Waals surface area (Å²) in [5.41, 5.74) is 4.03. The average Bonchev–Trinajstić information content (AvgIpc) is 3.06. The second-order valence-electron chi connectivity index (χ2n) is 6.90. The highest BCUT2D eigenvalue weighted by molar-refractivity contribution is 5.90. The van der Waals surface area contributed by atoms with Crippen molar-refractivity contribution in [3.8, 4) is 0 Å². The van der Waals surface area contributed by atoms with Crippen molar-refractivity contribution < 1.29 is 14.7 Å². The van der Waals surface area contributed by atoms with Crippen molar-refractivity contribution in [1.29, 1.82) is 0 Å². The molecule has 0 radical (unpaired) electrons. The molecule has 140 valence electrons. The van der Waals surface area contributed by atoms with E-state index >= 15 is 0 Å². The van der Waals surface area contributed by atoms with Crippen LogP contribution in [-0.4, -0.2) is 22.0 Å². The Balaban J connectivity index is 1.47. The summed E-state index contributed by atoms with van der Waals surface area (Å²) in [7, 11) is 0. The van der Waals surface area contributed by atoms with Crippen molar-refractivity contribution >= 4 is 28.5 Å². The van der Waals surface area contributed by atoms with Crippen LogP contribution in [0.3, 0.4) is 0 Å². The average molecular weight is 364 g/mol. The van der Waals surface area contributed by atoms with Crippen LogP contribution in [0, 0.1) is 5.92 Å². The van der Waals surface area contributed by atoms with E-state index in [1.165, 1.54) is 10.9 Å². The van der Waals surface area contributed by atoms with Crippen LogP contribution in [0.2, 0.25) is 0 Å². The first-order valence-electron chi connectivity index (χ1n) is 9.19. The molecule has 1 aromatic heterocycles. The second-order valence-corrected chi connectivity index (χ2v) is 6.90. The lowest BCUT2D eigenvalue weighted by molar-refractivity contribution is -0.141. The van der Waals surface area contributed by atoms with Crippen LogP contribution in [-0.2, 0) is 22.4 Å². The number of hydrogen-bond acceptors (Lipinski definition) is 2. The van der Waals surface area contributed by atoms with Gasteiger partial charge in [0, 0.05) is 29.2 Å². The largest absolute Gasteiger partial charge is 0.481 e. The van der Waals surface area contributed by atoms with Crippen LogP contribution in [0.15, 0.2) is 54.7 Å². The van der Waals surface area contributed by atoms with Gasteiger partial charge in [0.2, 0.25) is 5.91 Å². The number of carbonyl (C=O) groups excluding carboxylic acids is 1. The Morgan fingerprint density at radius 3 is 2.59 bits per heavy atom. The fourth-order valence-corrected chi connectivity index (χ4v) is 3.17. The molecule has 1 amide bonds. The number of para-hydroxylation sites is 1. The molecule has 1 atom stereocenters. The third-order valence-corrected chi connectivity index (χ3v) is 4.73. The van der Waals surface area contributed by atoms with Gasteiger partial charge in [-0.15, -0.1) is 0 Å². The fourth-order valence-electron chi connectivity index (χ4n) is 3.17. The fraction of sp³-hybridized carbons (Fsp3) is 0.273. The highest BCUT2D eigenvalue weighted by Crippen LogP contribution is 2.20. The van der Waals surface area contributed by atoms with E-state index in [0.29, 0.717) is 12.8 Å². The van der Waals surface area contributed by atoms with Gasteiger partial charge >= 0.3 is 5.97 Å². The van der Waals surface area contributed by atoms with Crippen LogP contribution in [0.25, 0.3) is 10.9 Å². The van der Waals surface area contributed by atoms with Crippen LogP contribution in [0.5, 0.6) is 0 Å². The molecule has 0 aliphatic carbocycles. The molecule has 3 aromatic rings. The van der Waals surface area contributed by atoms with Crippen molar-refractivity contribution in [2.45, 2.75) is 32.6 Å². The summed E-state index contributed by atoms with van der Waals surface area (Å²) in [6.45, 7) is 1.69. The van der Waals surface area contributed by atoms with Crippen LogP contribution in [0.1, 0.15) is 30.9 Å². The van der Waals surface area contributed by atoms with E-state index < -0.39 is 11.9 Å². The highest BCUT2D eigenvalue weighted by atomic mass is 16.4. The summed E-state index contributed by atoms with van der Waals surface area (Å²) in [5.74, 6) is -1.24. The Labute approximate surface area is 158 Å². The molecule has 1 unspecified atom stereocenters. The van der Waals surface area contributed by atoms with Gasteiger partial charge in [-0.1, -0.05) is 37.3 Å². The third kappa shape index (κ3) is 4.97. The molecule has 1 heterocycles. The number of hydrogen-bond donors (Lipinski definition) is 3. The number of aromatic nitrogens is 1. The van der Waals surface area contributed by atoms with Gasteiger partial charge in [0.25, 0.3) is 0 Å². The first kappa shape index (κ1) is 18.7. The summed E-state index contributed by atoms with van der Waals surface area (Å²) >= 11 is 0. The van der Waals surface area contributed by atoms with Gasteiger partial charge in [-0.25, -0.2) is 0 Å². The molecule has 3 N–H and O–H groups in total. The van der Waals surface area contributed by atoms with Crippen molar-refractivity contribution in [2.24, 2.45) is 5.92 Å². The lowest BCUT2D eigenvalue weighted by Crippen LogP contribution is -2.13. The zero-order chi connectivity index (χ0) is 19.2. The number of benzene rings is 2. The SMILES string of the molecule is CC(Cc1ccc(NC(=O)CCCc2c[nH]c3ccccc23)cc1)C(=O)O. The van der Waals surface area contributed by atoms with E-state index in [1.807, 2.05) is 48.7 Å². The standard InChI is InChI=1S/C22H24N2O3/c1-15(22(26)27)13-16-9-11-18(12-10-16)24-21(25)8-4-5-17-14-23-20-7-3-2-6-19(17)20/h2-3,6-7,9-12,14-15,23H,4-5,8,13H2,1H3,(H,24,25)(H,26,27). The molecule has 3 rings (SSSR count). The molecule has 0 aliphatic rings. The molecule has 0 saturated carbocycles. The number of aliphatic carboxylic acids is 1. The maximum Gasteiger partial charge on any atom is 0.306 e. The third-order valence-electron chi connectivity index (χ3n) is 4.73. The summed E-state index contributed by atoms with van der Waals surface area (Å²) < 4.78 is 0. The Morgan fingerprint density at radius 2 is 1.85 bits per heavy atom. The van der Waals surface area contributed by atoms with Crippen LogP contribution in [0.4, 0.5) is 5.69 Å². The van der Waals surface area contributed by atoms with Gasteiger partial charge in [0.05, 0.1) is 5.92 Å². The number of carboxylic acid groups (broad SMARTS) is 1. The van der Waals surface area contributed by atoms with E-state index in [9.17, 15) is 9.59 Å². The first-order valence-corrected chi connectivity index (χ1v) is 9.19. The topological polar surface area (TPSA) is 82.2 Å². The number of nitrogens with one attached hydrogen (secondary N) is 2. The predicted molar refractivity (Wildman–Crippen MR) is 107 cm³/mol. The molecule has 0 spiro atoms. The molecule has 5 nitrogen and oxygen atoms in total. The van der Waals surface area contributed by atoms with Crippen molar-refractivity contribution in [2.75, 3.05) is 5.32 Å². The normalized spacial score (nSPS) is 12.0. The number of fused-ring (bicyclic) bond motifs is 1. The number of anilines is 1.